The van der Waals surface area contributed by atoms with Gasteiger partial charge in [-0.05, 0) is 6.42 Å². The van der Waals surface area contributed by atoms with Gasteiger partial charge in [-0.2, -0.15) is 5.10 Å². The molecule has 0 aliphatic carbocycles. The van der Waals surface area contributed by atoms with Gasteiger partial charge >= 0.3 is 0 Å². The third kappa shape index (κ3) is 3.39. The summed E-state index contributed by atoms with van der Waals surface area (Å²) in [6.45, 7) is 2.67. The Kier molecular flexibility index (Phi) is 5.20. The number of hydrogen-bond acceptors (Lipinski definition) is 3. The van der Waals surface area contributed by atoms with Gasteiger partial charge in [0.25, 0.3) is 0 Å². The Morgan fingerprint density at radius 3 is 2.26 bits per heavy atom. The Bertz CT molecular complexity index is 438. The number of ether oxygens (including phenoxy) is 1. The molecule has 0 fully saturated rings. The molecular weight excluding hydrogens is 242 g/mol. The first kappa shape index (κ1) is 15.3. The molecule has 0 radical (unpaired) electrons. The van der Waals surface area contributed by atoms with E-state index >= 15 is 0 Å². The predicted octanol–water partition coefficient (Wildman–Crippen LogP) is 0.970. The highest BCUT2D eigenvalue weighted by Gasteiger charge is 2.16. The molecular formula is C13H25N5O. The topological polar surface area (TPSA) is 45.9 Å². The SMILES string of the molecule is CCc1nn(C)c(OC)c1CN=C(N(C)C)N(C)C. The summed E-state index contributed by atoms with van der Waals surface area (Å²) >= 11 is 0. The van der Waals surface area contributed by atoms with Crippen LogP contribution in [0.2, 0.25) is 0 Å². The van der Waals surface area contributed by atoms with Gasteiger partial charge in [-0.3, -0.25) is 0 Å². The summed E-state index contributed by atoms with van der Waals surface area (Å²) < 4.78 is 7.19. The van der Waals surface area contributed by atoms with Crippen LogP contribution in [0, 0.1) is 0 Å². The van der Waals surface area contributed by atoms with Gasteiger partial charge in [0.05, 0.1) is 24.9 Å². The van der Waals surface area contributed by atoms with E-state index in [0.717, 1.165) is 29.5 Å². The lowest BCUT2D eigenvalue weighted by Crippen LogP contribution is -2.35. The molecule has 0 aromatic carbocycles. The maximum atomic E-state index is 5.42. The van der Waals surface area contributed by atoms with E-state index in [1.54, 1.807) is 11.8 Å². The molecule has 19 heavy (non-hydrogen) atoms. The van der Waals surface area contributed by atoms with E-state index in [1.165, 1.54) is 0 Å². The molecule has 1 heterocycles. The molecule has 6 heteroatoms. The first-order valence-electron chi connectivity index (χ1n) is 6.40. The lowest BCUT2D eigenvalue weighted by atomic mass is 10.2. The maximum Gasteiger partial charge on any atom is 0.216 e. The molecule has 0 saturated carbocycles. The third-order valence-corrected chi connectivity index (χ3v) is 2.88. The fourth-order valence-corrected chi connectivity index (χ4v) is 2.14. The largest absolute Gasteiger partial charge is 0.481 e. The molecule has 0 aliphatic rings. The van der Waals surface area contributed by atoms with Gasteiger partial charge in [0.2, 0.25) is 5.88 Å². The molecule has 0 saturated heterocycles. The van der Waals surface area contributed by atoms with Crippen LogP contribution in [0.1, 0.15) is 18.2 Å². The highest BCUT2D eigenvalue weighted by Crippen LogP contribution is 2.23. The van der Waals surface area contributed by atoms with Crippen molar-refractivity contribution < 1.29 is 4.74 Å². The highest BCUT2D eigenvalue weighted by molar-refractivity contribution is 5.79. The summed E-state index contributed by atoms with van der Waals surface area (Å²) in [6, 6.07) is 0. The summed E-state index contributed by atoms with van der Waals surface area (Å²) in [5, 5.41) is 4.46. The summed E-state index contributed by atoms with van der Waals surface area (Å²) in [4.78, 5) is 8.65. The third-order valence-electron chi connectivity index (χ3n) is 2.88. The van der Waals surface area contributed by atoms with Crippen LogP contribution in [0.3, 0.4) is 0 Å². The van der Waals surface area contributed by atoms with Crippen LogP contribution in [0.5, 0.6) is 5.88 Å². The maximum absolute atomic E-state index is 5.42. The van der Waals surface area contributed by atoms with Crippen molar-refractivity contribution >= 4 is 5.96 Å². The average Bonchev–Trinajstić information content (AvgIpc) is 2.64. The number of aliphatic imine (C=N–C) groups is 1. The molecule has 0 spiro atoms. The fraction of sp³-hybridized carbons (Fsp3) is 0.692. The van der Waals surface area contributed by atoms with Crippen LogP contribution in [-0.2, 0) is 20.0 Å². The summed E-state index contributed by atoms with van der Waals surface area (Å²) in [7, 11) is 11.5. The zero-order valence-corrected chi connectivity index (χ0v) is 13.1. The number of hydrogen-bond donors (Lipinski definition) is 0. The summed E-state index contributed by atoms with van der Waals surface area (Å²) in [5.74, 6) is 1.71. The molecule has 1 aromatic heterocycles. The van der Waals surface area contributed by atoms with Crippen molar-refractivity contribution in [3.8, 4) is 5.88 Å². The number of nitrogens with zero attached hydrogens (tertiary/aromatic N) is 5. The Balaban J connectivity index is 3.07. The average molecular weight is 267 g/mol. The summed E-state index contributed by atoms with van der Waals surface area (Å²) in [6.07, 6.45) is 0.876. The molecule has 0 bridgehead atoms. The van der Waals surface area contributed by atoms with E-state index in [4.69, 9.17) is 4.74 Å². The van der Waals surface area contributed by atoms with Gasteiger partial charge in [0, 0.05) is 35.2 Å². The molecule has 0 aliphatic heterocycles. The predicted molar refractivity (Wildman–Crippen MR) is 77.7 cm³/mol. The van der Waals surface area contributed by atoms with Crippen molar-refractivity contribution in [1.82, 2.24) is 19.6 Å². The van der Waals surface area contributed by atoms with Crippen molar-refractivity contribution in [3.63, 3.8) is 0 Å². The molecule has 1 aromatic rings. The normalized spacial score (nSPS) is 10.3. The van der Waals surface area contributed by atoms with Crippen LogP contribution in [0.25, 0.3) is 0 Å². The molecule has 0 atom stereocenters. The second kappa shape index (κ2) is 6.45. The second-order valence-electron chi connectivity index (χ2n) is 4.82. The standard InChI is InChI=1S/C13H25N5O/c1-8-11-10(12(19-7)18(6)15-11)9-14-13(16(2)3)17(4)5/h8-9H2,1-7H3. The minimum absolute atomic E-state index is 0.575. The minimum atomic E-state index is 0.575. The number of methoxy groups -OCH3 is 1. The van der Waals surface area contributed by atoms with Crippen molar-refractivity contribution in [2.45, 2.75) is 19.9 Å². The highest BCUT2D eigenvalue weighted by atomic mass is 16.5. The van der Waals surface area contributed by atoms with E-state index < -0.39 is 0 Å². The number of aryl methyl sites for hydroxylation is 2. The Labute approximate surface area is 115 Å². The lowest BCUT2D eigenvalue weighted by molar-refractivity contribution is 0.369. The quantitative estimate of drug-likeness (QED) is 0.602. The number of rotatable bonds is 4. The van der Waals surface area contributed by atoms with E-state index in [0.29, 0.717) is 6.54 Å². The van der Waals surface area contributed by atoms with E-state index in [2.05, 4.69) is 17.0 Å². The van der Waals surface area contributed by atoms with Gasteiger partial charge in [-0.1, -0.05) is 6.92 Å². The molecule has 1 rings (SSSR count). The zero-order chi connectivity index (χ0) is 14.6. The molecule has 0 unspecified atom stereocenters. The van der Waals surface area contributed by atoms with Gasteiger partial charge < -0.3 is 14.5 Å². The molecule has 0 amide bonds. The van der Waals surface area contributed by atoms with Crippen LogP contribution in [0.4, 0.5) is 0 Å². The number of guanidine groups is 1. The second-order valence-corrected chi connectivity index (χ2v) is 4.82. The van der Waals surface area contributed by atoms with E-state index in [9.17, 15) is 0 Å². The van der Waals surface area contributed by atoms with Crippen LogP contribution >= 0.6 is 0 Å². The Hall–Kier alpha value is -1.72. The molecule has 6 nitrogen and oxygen atoms in total. The lowest BCUT2D eigenvalue weighted by Gasteiger charge is -2.22. The van der Waals surface area contributed by atoms with Gasteiger partial charge in [-0.25, -0.2) is 9.67 Å². The van der Waals surface area contributed by atoms with Crippen LogP contribution in [-0.4, -0.2) is 60.8 Å². The van der Waals surface area contributed by atoms with Crippen LogP contribution in [0.15, 0.2) is 4.99 Å². The van der Waals surface area contributed by atoms with E-state index in [-0.39, 0.29) is 0 Å². The van der Waals surface area contributed by atoms with Gasteiger partial charge in [-0.15, -0.1) is 0 Å². The number of aromatic nitrogens is 2. The zero-order valence-electron chi connectivity index (χ0n) is 13.1. The van der Waals surface area contributed by atoms with Crippen molar-refractivity contribution in [3.05, 3.63) is 11.3 Å². The van der Waals surface area contributed by atoms with Gasteiger partial charge in [0.1, 0.15) is 0 Å². The first-order chi connectivity index (χ1) is 8.92. The van der Waals surface area contributed by atoms with Crippen molar-refractivity contribution in [1.29, 1.82) is 0 Å². The smallest absolute Gasteiger partial charge is 0.216 e. The van der Waals surface area contributed by atoms with E-state index in [1.807, 2.05) is 45.0 Å². The first-order valence-corrected chi connectivity index (χ1v) is 6.40. The fourth-order valence-electron chi connectivity index (χ4n) is 2.14. The molecule has 108 valence electrons. The minimum Gasteiger partial charge on any atom is -0.481 e. The Morgan fingerprint density at radius 1 is 1.26 bits per heavy atom. The van der Waals surface area contributed by atoms with Gasteiger partial charge in [0.15, 0.2) is 5.96 Å². The summed E-state index contributed by atoms with van der Waals surface area (Å²) in [5.41, 5.74) is 2.11. The molecule has 0 N–H and O–H groups in total. The van der Waals surface area contributed by atoms with Crippen molar-refractivity contribution in [2.75, 3.05) is 35.3 Å². The van der Waals surface area contributed by atoms with Crippen molar-refractivity contribution in [2.24, 2.45) is 12.0 Å². The monoisotopic (exact) mass is 267 g/mol. The van der Waals surface area contributed by atoms with Crippen LogP contribution < -0.4 is 4.74 Å². The Morgan fingerprint density at radius 2 is 1.84 bits per heavy atom.